The molecule has 4 heteroatoms. The van der Waals surface area contributed by atoms with E-state index in [0.717, 1.165) is 41.7 Å². The lowest BCUT2D eigenvalue weighted by Gasteiger charge is -2.40. The average Bonchev–Trinajstić information content (AvgIpc) is 2.38. The lowest BCUT2D eigenvalue weighted by atomic mass is 9.94. The predicted octanol–water partition coefficient (Wildman–Crippen LogP) is 3.66. The van der Waals surface area contributed by atoms with Gasteiger partial charge >= 0.3 is 0 Å². The molecule has 1 aromatic carbocycles. The first-order valence-electron chi connectivity index (χ1n) is 6.56. The van der Waals surface area contributed by atoms with Gasteiger partial charge in [0.25, 0.3) is 0 Å². The number of nitrogens with zero attached hydrogens (tertiary/aromatic N) is 1. The fraction of sp³-hybridized carbons (Fsp3) is 0.533. The lowest BCUT2D eigenvalue weighted by Crippen LogP contribution is -2.47. The topological polar surface area (TPSA) is 29.5 Å². The molecule has 1 atom stereocenters. The normalized spacial score (nSPS) is 23.5. The number of piperidine rings is 1. The van der Waals surface area contributed by atoms with E-state index in [1.165, 1.54) is 0 Å². The maximum absolute atomic E-state index is 11.4. The zero-order valence-electron chi connectivity index (χ0n) is 11.7. The Labute approximate surface area is 123 Å². The highest BCUT2D eigenvalue weighted by Crippen LogP contribution is 2.30. The zero-order valence-corrected chi connectivity index (χ0v) is 13.3. The van der Waals surface area contributed by atoms with E-state index in [9.17, 15) is 4.79 Å². The van der Waals surface area contributed by atoms with Crippen molar-refractivity contribution in [2.75, 3.05) is 25.1 Å². The van der Waals surface area contributed by atoms with Crippen LogP contribution in [0.4, 0.5) is 5.69 Å². The molecular weight excluding hydrogens is 306 g/mol. The SMILES string of the molecule is COC1(C)CCCN(c2ccc(C(C)=O)c(Br)c2)C1. The maximum Gasteiger partial charge on any atom is 0.160 e. The number of rotatable bonds is 3. The summed E-state index contributed by atoms with van der Waals surface area (Å²) < 4.78 is 6.48. The molecule has 1 aliphatic rings. The van der Waals surface area contributed by atoms with Crippen molar-refractivity contribution >= 4 is 27.4 Å². The van der Waals surface area contributed by atoms with Gasteiger partial charge in [-0.25, -0.2) is 0 Å². The molecular formula is C15H20BrNO2. The van der Waals surface area contributed by atoms with E-state index in [1.807, 2.05) is 18.2 Å². The van der Waals surface area contributed by atoms with Crippen molar-refractivity contribution in [1.29, 1.82) is 0 Å². The Hall–Kier alpha value is -0.870. The number of carbonyl (C=O) groups excluding carboxylic acids is 1. The Morgan fingerprint density at radius 3 is 2.79 bits per heavy atom. The van der Waals surface area contributed by atoms with Gasteiger partial charge in [-0.05, 0) is 60.8 Å². The van der Waals surface area contributed by atoms with Crippen LogP contribution in [0.15, 0.2) is 22.7 Å². The average molecular weight is 326 g/mol. The van der Waals surface area contributed by atoms with Crippen molar-refractivity contribution in [3.05, 3.63) is 28.2 Å². The third-order valence-electron chi connectivity index (χ3n) is 3.85. The van der Waals surface area contributed by atoms with Crippen molar-refractivity contribution in [2.45, 2.75) is 32.3 Å². The Morgan fingerprint density at radius 2 is 2.21 bits per heavy atom. The smallest absolute Gasteiger partial charge is 0.160 e. The van der Waals surface area contributed by atoms with Gasteiger partial charge in [0.15, 0.2) is 5.78 Å². The Morgan fingerprint density at radius 1 is 1.47 bits per heavy atom. The second-order valence-electron chi connectivity index (χ2n) is 5.40. The quantitative estimate of drug-likeness (QED) is 0.794. The Balaban J connectivity index is 2.23. The lowest BCUT2D eigenvalue weighted by molar-refractivity contribution is -0.00465. The van der Waals surface area contributed by atoms with Crippen LogP contribution >= 0.6 is 15.9 Å². The van der Waals surface area contributed by atoms with Gasteiger partial charge in [0.2, 0.25) is 0 Å². The fourth-order valence-corrected chi connectivity index (χ4v) is 3.22. The van der Waals surface area contributed by atoms with Crippen LogP contribution in [-0.2, 0) is 4.74 Å². The van der Waals surface area contributed by atoms with E-state index in [4.69, 9.17) is 4.74 Å². The van der Waals surface area contributed by atoms with Gasteiger partial charge in [0.1, 0.15) is 0 Å². The van der Waals surface area contributed by atoms with Gasteiger partial charge in [-0.15, -0.1) is 0 Å². The van der Waals surface area contributed by atoms with Crippen LogP contribution in [0.25, 0.3) is 0 Å². The monoisotopic (exact) mass is 325 g/mol. The molecule has 1 unspecified atom stereocenters. The zero-order chi connectivity index (χ0) is 14.0. The summed E-state index contributed by atoms with van der Waals surface area (Å²) in [5, 5.41) is 0. The molecule has 19 heavy (non-hydrogen) atoms. The van der Waals surface area contributed by atoms with Crippen molar-refractivity contribution in [3.63, 3.8) is 0 Å². The first-order valence-corrected chi connectivity index (χ1v) is 7.35. The highest BCUT2D eigenvalue weighted by molar-refractivity contribution is 9.10. The number of hydrogen-bond donors (Lipinski definition) is 0. The Kier molecular flexibility index (Phi) is 4.31. The summed E-state index contributed by atoms with van der Waals surface area (Å²) in [7, 11) is 1.78. The molecule has 0 saturated carbocycles. The number of carbonyl (C=O) groups is 1. The largest absolute Gasteiger partial charge is 0.377 e. The molecule has 1 fully saturated rings. The summed E-state index contributed by atoms with van der Waals surface area (Å²) in [6.45, 7) is 5.65. The van der Waals surface area contributed by atoms with Crippen molar-refractivity contribution < 1.29 is 9.53 Å². The van der Waals surface area contributed by atoms with E-state index >= 15 is 0 Å². The molecule has 2 rings (SSSR count). The minimum Gasteiger partial charge on any atom is -0.377 e. The summed E-state index contributed by atoms with van der Waals surface area (Å²) in [5.74, 6) is 0.0822. The molecule has 0 aliphatic carbocycles. The van der Waals surface area contributed by atoms with Crippen LogP contribution in [-0.4, -0.2) is 31.6 Å². The van der Waals surface area contributed by atoms with E-state index in [0.29, 0.717) is 0 Å². The standard InChI is InChI=1S/C15H20BrNO2/c1-11(18)13-6-5-12(9-14(13)16)17-8-4-7-15(2,10-17)19-3/h5-6,9H,4,7-8,10H2,1-3H3. The number of hydrogen-bond acceptors (Lipinski definition) is 3. The molecule has 0 spiro atoms. The predicted molar refractivity (Wildman–Crippen MR) is 81.0 cm³/mol. The molecule has 0 bridgehead atoms. The molecule has 1 aromatic rings. The summed E-state index contributed by atoms with van der Waals surface area (Å²) in [6.07, 6.45) is 2.21. The number of anilines is 1. The number of Topliss-reactive ketones (excluding diaryl/α,β-unsaturated/α-hetero) is 1. The Bertz CT molecular complexity index is 489. The number of ether oxygens (including phenoxy) is 1. The summed E-state index contributed by atoms with van der Waals surface area (Å²) in [6, 6.07) is 5.93. The van der Waals surface area contributed by atoms with E-state index in [-0.39, 0.29) is 11.4 Å². The molecule has 3 nitrogen and oxygen atoms in total. The van der Waals surface area contributed by atoms with Gasteiger partial charge in [-0.2, -0.15) is 0 Å². The number of methoxy groups -OCH3 is 1. The van der Waals surface area contributed by atoms with Gasteiger partial charge in [0, 0.05) is 35.9 Å². The number of benzene rings is 1. The van der Waals surface area contributed by atoms with Gasteiger partial charge in [-0.1, -0.05) is 0 Å². The van der Waals surface area contributed by atoms with Gasteiger partial charge in [0.05, 0.1) is 5.60 Å². The number of halogens is 1. The van der Waals surface area contributed by atoms with Crippen LogP contribution < -0.4 is 4.90 Å². The molecule has 0 amide bonds. The maximum atomic E-state index is 11.4. The third-order valence-corrected chi connectivity index (χ3v) is 4.50. The fourth-order valence-electron chi connectivity index (χ4n) is 2.58. The molecule has 0 aromatic heterocycles. The van der Waals surface area contributed by atoms with Crippen LogP contribution in [0, 0.1) is 0 Å². The van der Waals surface area contributed by atoms with Crippen LogP contribution in [0.3, 0.4) is 0 Å². The van der Waals surface area contributed by atoms with Crippen molar-refractivity contribution in [3.8, 4) is 0 Å². The second-order valence-corrected chi connectivity index (χ2v) is 6.25. The van der Waals surface area contributed by atoms with E-state index in [1.54, 1.807) is 14.0 Å². The first kappa shape index (κ1) is 14.5. The highest BCUT2D eigenvalue weighted by Gasteiger charge is 2.31. The first-order chi connectivity index (χ1) is 8.95. The summed E-state index contributed by atoms with van der Waals surface area (Å²) >= 11 is 3.48. The van der Waals surface area contributed by atoms with E-state index < -0.39 is 0 Å². The molecule has 1 aliphatic heterocycles. The van der Waals surface area contributed by atoms with E-state index in [2.05, 4.69) is 27.8 Å². The molecule has 0 N–H and O–H groups in total. The summed E-state index contributed by atoms with van der Waals surface area (Å²) in [4.78, 5) is 13.8. The van der Waals surface area contributed by atoms with Crippen LogP contribution in [0.5, 0.6) is 0 Å². The van der Waals surface area contributed by atoms with Gasteiger partial charge in [-0.3, -0.25) is 4.79 Å². The highest BCUT2D eigenvalue weighted by atomic mass is 79.9. The van der Waals surface area contributed by atoms with Crippen LogP contribution in [0.2, 0.25) is 0 Å². The minimum atomic E-state index is -0.0794. The molecule has 0 radical (unpaired) electrons. The molecule has 1 heterocycles. The summed E-state index contributed by atoms with van der Waals surface area (Å²) in [5.41, 5.74) is 1.79. The van der Waals surface area contributed by atoms with Crippen molar-refractivity contribution in [2.24, 2.45) is 0 Å². The third kappa shape index (κ3) is 3.18. The molecule has 104 valence electrons. The van der Waals surface area contributed by atoms with Crippen LogP contribution in [0.1, 0.15) is 37.0 Å². The van der Waals surface area contributed by atoms with Gasteiger partial charge < -0.3 is 9.64 Å². The number of ketones is 1. The minimum absolute atomic E-state index is 0.0794. The van der Waals surface area contributed by atoms with Crippen molar-refractivity contribution in [1.82, 2.24) is 0 Å². The second kappa shape index (κ2) is 5.63. The molecule has 1 saturated heterocycles.